The minimum atomic E-state index is 0.671. The van der Waals surface area contributed by atoms with Crippen LogP contribution in [0, 0.1) is 11.3 Å². The molecule has 0 aliphatic heterocycles. The number of rotatable bonds is 3. The lowest BCUT2D eigenvalue weighted by Crippen LogP contribution is -1.91. The van der Waals surface area contributed by atoms with Crippen LogP contribution in [-0.4, -0.2) is 0 Å². The lowest BCUT2D eigenvalue weighted by atomic mass is 9.85. The summed E-state index contributed by atoms with van der Waals surface area (Å²) in [5.41, 5.74) is 7.86. The summed E-state index contributed by atoms with van der Waals surface area (Å²) in [5, 5.41) is 16.7. The first-order chi connectivity index (χ1) is 18.8. The molecule has 0 unspecified atom stereocenters. The molecule has 1 heteroatoms. The average Bonchev–Trinajstić information content (AvgIpc) is 2.99. The van der Waals surface area contributed by atoms with E-state index in [1.165, 1.54) is 60.1 Å². The van der Waals surface area contributed by atoms with Crippen molar-refractivity contribution in [1.82, 2.24) is 0 Å². The Morgan fingerprint density at radius 3 is 1.50 bits per heavy atom. The van der Waals surface area contributed by atoms with Crippen LogP contribution in [0.3, 0.4) is 0 Å². The standard InChI is InChI=1S/C37H23N/c38-24-25-16-18-27(19-17-25)36-32-12-3-5-14-34(32)37(35-15-6-4-13-33(35)36)31-11-7-10-29(23-31)30-21-20-26-8-1-2-9-28(26)22-30/h1-23H. The number of benzene rings is 7. The summed E-state index contributed by atoms with van der Waals surface area (Å²) in [5.74, 6) is 0. The quantitative estimate of drug-likeness (QED) is 0.230. The van der Waals surface area contributed by atoms with E-state index in [4.69, 9.17) is 0 Å². The maximum atomic E-state index is 9.31. The maximum absolute atomic E-state index is 9.31. The van der Waals surface area contributed by atoms with Crippen LogP contribution >= 0.6 is 0 Å². The van der Waals surface area contributed by atoms with Gasteiger partial charge in [-0.3, -0.25) is 0 Å². The highest BCUT2D eigenvalue weighted by atomic mass is 14.2. The number of nitrogens with zero attached hydrogens (tertiary/aromatic N) is 1. The van der Waals surface area contributed by atoms with Crippen molar-refractivity contribution in [2.24, 2.45) is 0 Å². The molecule has 38 heavy (non-hydrogen) atoms. The Morgan fingerprint density at radius 2 is 0.868 bits per heavy atom. The maximum Gasteiger partial charge on any atom is 0.0991 e. The van der Waals surface area contributed by atoms with Crippen molar-refractivity contribution in [2.45, 2.75) is 0 Å². The first-order valence-corrected chi connectivity index (χ1v) is 12.8. The Kier molecular flexibility index (Phi) is 5.24. The van der Waals surface area contributed by atoms with Crippen LogP contribution in [0.1, 0.15) is 5.56 Å². The van der Waals surface area contributed by atoms with Crippen LogP contribution in [0.25, 0.3) is 65.7 Å². The van der Waals surface area contributed by atoms with E-state index in [1.807, 2.05) is 12.1 Å². The molecular formula is C37H23N. The fraction of sp³-hybridized carbons (Fsp3) is 0. The van der Waals surface area contributed by atoms with Gasteiger partial charge in [-0.05, 0) is 90.0 Å². The van der Waals surface area contributed by atoms with E-state index in [2.05, 4.69) is 133 Å². The normalized spacial score (nSPS) is 11.1. The van der Waals surface area contributed by atoms with Crippen molar-refractivity contribution in [2.75, 3.05) is 0 Å². The molecule has 7 aromatic rings. The lowest BCUT2D eigenvalue weighted by molar-refractivity contribution is 1.49. The number of nitriles is 1. The molecule has 7 aromatic carbocycles. The van der Waals surface area contributed by atoms with Gasteiger partial charge in [-0.15, -0.1) is 0 Å². The van der Waals surface area contributed by atoms with Crippen molar-refractivity contribution in [1.29, 1.82) is 5.26 Å². The lowest BCUT2D eigenvalue weighted by Gasteiger charge is -2.18. The average molecular weight is 482 g/mol. The largest absolute Gasteiger partial charge is 0.192 e. The zero-order valence-electron chi connectivity index (χ0n) is 20.7. The van der Waals surface area contributed by atoms with Crippen LogP contribution < -0.4 is 0 Å². The Labute approximate surface area is 221 Å². The van der Waals surface area contributed by atoms with E-state index in [9.17, 15) is 5.26 Å². The molecule has 1 nitrogen and oxygen atoms in total. The highest BCUT2D eigenvalue weighted by Crippen LogP contribution is 2.44. The highest BCUT2D eigenvalue weighted by Gasteiger charge is 2.16. The molecule has 176 valence electrons. The summed E-state index contributed by atoms with van der Waals surface area (Å²) in [4.78, 5) is 0. The summed E-state index contributed by atoms with van der Waals surface area (Å²) in [6.45, 7) is 0. The smallest absolute Gasteiger partial charge is 0.0991 e. The third-order valence-corrected chi connectivity index (χ3v) is 7.47. The molecule has 0 bridgehead atoms. The molecule has 0 aliphatic carbocycles. The second-order valence-electron chi connectivity index (χ2n) is 9.67. The van der Waals surface area contributed by atoms with Gasteiger partial charge in [0.2, 0.25) is 0 Å². The van der Waals surface area contributed by atoms with E-state index < -0.39 is 0 Å². The van der Waals surface area contributed by atoms with Gasteiger partial charge < -0.3 is 0 Å². The van der Waals surface area contributed by atoms with E-state index >= 15 is 0 Å². The van der Waals surface area contributed by atoms with Gasteiger partial charge in [0.05, 0.1) is 11.6 Å². The molecule has 0 aromatic heterocycles. The van der Waals surface area contributed by atoms with Gasteiger partial charge in [-0.1, -0.05) is 115 Å². The second kappa shape index (κ2) is 9.04. The van der Waals surface area contributed by atoms with Crippen molar-refractivity contribution in [3.05, 3.63) is 145 Å². The Hall–Kier alpha value is -5.19. The van der Waals surface area contributed by atoms with Crippen molar-refractivity contribution in [3.63, 3.8) is 0 Å². The van der Waals surface area contributed by atoms with Crippen molar-refractivity contribution >= 4 is 32.3 Å². The molecule has 0 N–H and O–H groups in total. The molecule has 0 radical (unpaired) electrons. The summed E-state index contributed by atoms with van der Waals surface area (Å²) >= 11 is 0. The minimum Gasteiger partial charge on any atom is -0.192 e. The van der Waals surface area contributed by atoms with Crippen LogP contribution in [0.5, 0.6) is 0 Å². The fourth-order valence-electron chi connectivity index (χ4n) is 5.69. The van der Waals surface area contributed by atoms with E-state index in [1.54, 1.807) is 0 Å². The topological polar surface area (TPSA) is 23.8 Å². The zero-order valence-corrected chi connectivity index (χ0v) is 20.7. The van der Waals surface area contributed by atoms with E-state index in [0.29, 0.717) is 5.56 Å². The van der Waals surface area contributed by atoms with Crippen LogP contribution in [-0.2, 0) is 0 Å². The van der Waals surface area contributed by atoms with Gasteiger partial charge in [0.15, 0.2) is 0 Å². The van der Waals surface area contributed by atoms with E-state index in [-0.39, 0.29) is 0 Å². The van der Waals surface area contributed by atoms with Gasteiger partial charge in [-0.25, -0.2) is 0 Å². The third-order valence-electron chi connectivity index (χ3n) is 7.47. The third kappa shape index (κ3) is 3.63. The van der Waals surface area contributed by atoms with Crippen LogP contribution in [0.2, 0.25) is 0 Å². The van der Waals surface area contributed by atoms with Crippen LogP contribution in [0.15, 0.2) is 140 Å². The van der Waals surface area contributed by atoms with Crippen molar-refractivity contribution in [3.8, 4) is 39.4 Å². The van der Waals surface area contributed by atoms with Gasteiger partial charge >= 0.3 is 0 Å². The number of fused-ring (bicyclic) bond motifs is 3. The van der Waals surface area contributed by atoms with Crippen LogP contribution in [0.4, 0.5) is 0 Å². The summed E-state index contributed by atoms with van der Waals surface area (Å²) < 4.78 is 0. The van der Waals surface area contributed by atoms with Gasteiger partial charge in [0.25, 0.3) is 0 Å². The predicted octanol–water partition coefficient (Wildman–Crippen LogP) is 10.0. The molecule has 0 aliphatic rings. The summed E-state index contributed by atoms with van der Waals surface area (Å²) in [6, 6.07) is 51.6. The van der Waals surface area contributed by atoms with E-state index in [0.717, 1.165) is 5.56 Å². The number of hydrogen-bond acceptors (Lipinski definition) is 1. The van der Waals surface area contributed by atoms with Gasteiger partial charge in [0.1, 0.15) is 0 Å². The van der Waals surface area contributed by atoms with Crippen molar-refractivity contribution < 1.29 is 0 Å². The number of hydrogen-bond donors (Lipinski definition) is 0. The molecule has 0 amide bonds. The molecule has 0 fully saturated rings. The Morgan fingerprint density at radius 1 is 0.368 bits per heavy atom. The highest BCUT2D eigenvalue weighted by molar-refractivity contribution is 6.21. The molecule has 0 spiro atoms. The monoisotopic (exact) mass is 481 g/mol. The molecule has 7 rings (SSSR count). The summed E-state index contributed by atoms with van der Waals surface area (Å²) in [6.07, 6.45) is 0. The van der Waals surface area contributed by atoms with Gasteiger partial charge in [-0.2, -0.15) is 5.26 Å². The predicted molar refractivity (Wildman–Crippen MR) is 160 cm³/mol. The summed E-state index contributed by atoms with van der Waals surface area (Å²) in [7, 11) is 0. The van der Waals surface area contributed by atoms with Gasteiger partial charge in [0, 0.05) is 0 Å². The Bertz CT molecular complexity index is 1970. The Balaban J connectivity index is 1.49. The molecule has 0 saturated heterocycles. The second-order valence-corrected chi connectivity index (χ2v) is 9.67. The minimum absolute atomic E-state index is 0.671. The zero-order chi connectivity index (χ0) is 25.5. The molecule has 0 heterocycles. The fourth-order valence-corrected chi connectivity index (χ4v) is 5.69. The first-order valence-electron chi connectivity index (χ1n) is 12.8. The first kappa shape index (κ1) is 22.0. The molecule has 0 saturated carbocycles. The molecule has 0 atom stereocenters. The molecular weight excluding hydrogens is 458 g/mol. The SMILES string of the molecule is N#Cc1ccc(-c2c3ccccc3c(-c3cccc(-c4ccc5ccccc5c4)c3)c3ccccc23)cc1.